The molecule has 0 aromatic carbocycles. The van der Waals surface area contributed by atoms with Gasteiger partial charge in [0.25, 0.3) is 0 Å². The molecule has 0 N–H and O–H groups in total. The molecule has 0 fully saturated rings. The molecule has 1 unspecified atom stereocenters. The lowest BCUT2D eigenvalue weighted by molar-refractivity contribution is 0.111. The Kier molecular flexibility index (Phi) is 2.63. The summed E-state index contributed by atoms with van der Waals surface area (Å²) in [5, 5.41) is 4.15. The zero-order valence-electron chi connectivity index (χ0n) is 7.74. The van der Waals surface area contributed by atoms with Gasteiger partial charge in [0.1, 0.15) is 5.69 Å². The molecule has 3 heteroatoms. The Morgan fingerprint density at radius 3 is 2.83 bits per heavy atom. The molecule has 1 atom stereocenters. The summed E-state index contributed by atoms with van der Waals surface area (Å²) in [6.45, 7) is 6.08. The van der Waals surface area contributed by atoms with Gasteiger partial charge in [-0.15, -0.1) is 0 Å². The number of carbonyl (C=O) groups is 1. The lowest BCUT2D eigenvalue weighted by atomic mass is 10.2. The van der Waals surface area contributed by atoms with Crippen molar-refractivity contribution in [1.82, 2.24) is 9.78 Å². The normalized spacial score (nSPS) is 12.9. The van der Waals surface area contributed by atoms with Crippen molar-refractivity contribution < 1.29 is 4.79 Å². The lowest BCUT2D eigenvalue weighted by Crippen LogP contribution is -2.04. The van der Waals surface area contributed by atoms with Crippen molar-refractivity contribution in [3.63, 3.8) is 0 Å². The second-order valence-electron chi connectivity index (χ2n) is 3.05. The number of carbonyl (C=O) groups excluding carboxylic acids is 1. The predicted octanol–water partition coefficient (Wildman–Crippen LogP) is 1.98. The van der Waals surface area contributed by atoms with Gasteiger partial charge in [0.05, 0.1) is 0 Å². The number of hydrogen-bond donors (Lipinski definition) is 0. The van der Waals surface area contributed by atoms with E-state index in [1.807, 2.05) is 17.8 Å². The van der Waals surface area contributed by atoms with E-state index in [1.54, 1.807) is 0 Å². The number of aldehydes is 1. The highest BCUT2D eigenvalue weighted by molar-refractivity contribution is 5.73. The second-order valence-corrected chi connectivity index (χ2v) is 3.05. The monoisotopic (exact) mass is 166 g/mol. The first-order valence-electron chi connectivity index (χ1n) is 4.20. The van der Waals surface area contributed by atoms with Crippen LogP contribution in [-0.4, -0.2) is 16.1 Å². The lowest BCUT2D eigenvalue weighted by Gasteiger charge is -2.07. The number of rotatable bonds is 3. The van der Waals surface area contributed by atoms with Gasteiger partial charge in [-0.05, 0) is 25.8 Å². The minimum Gasteiger partial charge on any atom is -0.296 e. The predicted molar refractivity (Wildman–Crippen MR) is 47.4 cm³/mol. The molecular formula is C9H14N2O. The number of nitrogens with zero attached hydrogens (tertiary/aromatic N) is 2. The van der Waals surface area contributed by atoms with Crippen molar-refractivity contribution in [2.75, 3.05) is 0 Å². The van der Waals surface area contributed by atoms with E-state index in [4.69, 9.17) is 0 Å². The maximum Gasteiger partial charge on any atom is 0.170 e. The fourth-order valence-corrected chi connectivity index (χ4v) is 1.03. The van der Waals surface area contributed by atoms with E-state index in [-0.39, 0.29) is 0 Å². The Bertz CT molecular complexity index is 278. The third kappa shape index (κ3) is 1.55. The van der Waals surface area contributed by atoms with E-state index in [9.17, 15) is 4.79 Å². The van der Waals surface area contributed by atoms with Gasteiger partial charge >= 0.3 is 0 Å². The van der Waals surface area contributed by atoms with Crippen LogP contribution >= 0.6 is 0 Å². The molecule has 66 valence electrons. The molecule has 0 aliphatic carbocycles. The molecule has 0 aliphatic rings. The Balaban J connectivity index is 2.96. The molecule has 0 aliphatic heterocycles. The quantitative estimate of drug-likeness (QED) is 0.643. The fraction of sp³-hybridized carbons (Fsp3) is 0.556. The van der Waals surface area contributed by atoms with Crippen molar-refractivity contribution in [3.8, 4) is 0 Å². The van der Waals surface area contributed by atoms with Crippen molar-refractivity contribution in [1.29, 1.82) is 0 Å². The average molecular weight is 166 g/mol. The number of aryl methyl sites for hydroxylation is 1. The van der Waals surface area contributed by atoms with Crippen LogP contribution in [0.1, 0.15) is 42.4 Å². The van der Waals surface area contributed by atoms with E-state index in [1.165, 1.54) is 0 Å². The molecule has 1 heterocycles. The molecule has 12 heavy (non-hydrogen) atoms. The molecule has 3 nitrogen and oxygen atoms in total. The molecule has 0 spiro atoms. The van der Waals surface area contributed by atoms with Crippen LogP contribution in [-0.2, 0) is 0 Å². The van der Waals surface area contributed by atoms with Gasteiger partial charge in [-0.3, -0.25) is 9.48 Å². The van der Waals surface area contributed by atoms with Crippen LogP contribution in [0.25, 0.3) is 0 Å². The zero-order valence-corrected chi connectivity index (χ0v) is 7.74. The Morgan fingerprint density at radius 2 is 2.42 bits per heavy atom. The molecule has 0 amide bonds. The van der Waals surface area contributed by atoms with Gasteiger partial charge < -0.3 is 0 Å². The standard InChI is InChI=1S/C9H14N2O/c1-4-8(3)11-5-7(2)9(6-12)10-11/h5-6,8H,4H2,1-3H3. The summed E-state index contributed by atoms with van der Waals surface area (Å²) in [6.07, 6.45) is 3.74. The maximum atomic E-state index is 10.5. The molecule has 1 aromatic heterocycles. The molecule has 1 aromatic rings. The van der Waals surface area contributed by atoms with Gasteiger partial charge in [0.15, 0.2) is 6.29 Å². The Morgan fingerprint density at radius 1 is 1.75 bits per heavy atom. The summed E-state index contributed by atoms with van der Waals surface area (Å²) in [5.41, 5.74) is 1.50. The Labute approximate surface area is 72.4 Å². The van der Waals surface area contributed by atoms with Crippen LogP contribution in [0.2, 0.25) is 0 Å². The van der Waals surface area contributed by atoms with Gasteiger partial charge in [0, 0.05) is 12.2 Å². The molecule has 0 saturated heterocycles. The van der Waals surface area contributed by atoms with Crippen LogP contribution in [0.5, 0.6) is 0 Å². The van der Waals surface area contributed by atoms with Gasteiger partial charge in [-0.2, -0.15) is 5.10 Å². The minimum atomic E-state index is 0.373. The molecule has 0 saturated carbocycles. The van der Waals surface area contributed by atoms with Crippen LogP contribution in [0.4, 0.5) is 0 Å². The molecule has 0 bridgehead atoms. The van der Waals surface area contributed by atoms with Crippen LogP contribution in [0, 0.1) is 6.92 Å². The fourth-order valence-electron chi connectivity index (χ4n) is 1.03. The number of aromatic nitrogens is 2. The highest BCUT2D eigenvalue weighted by Crippen LogP contribution is 2.11. The zero-order chi connectivity index (χ0) is 9.14. The van der Waals surface area contributed by atoms with Crippen LogP contribution < -0.4 is 0 Å². The van der Waals surface area contributed by atoms with Gasteiger partial charge in [0.2, 0.25) is 0 Å². The van der Waals surface area contributed by atoms with Crippen molar-refractivity contribution in [2.45, 2.75) is 33.2 Å². The minimum absolute atomic E-state index is 0.373. The third-order valence-corrected chi connectivity index (χ3v) is 2.11. The van der Waals surface area contributed by atoms with Gasteiger partial charge in [-0.25, -0.2) is 0 Å². The summed E-state index contributed by atoms with van der Waals surface area (Å²) in [6, 6.07) is 0.373. The van der Waals surface area contributed by atoms with Gasteiger partial charge in [-0.1, -0.05) is 6.92 Å². The van der Waals surface area contributed by atoms with E-state index in [2.05, 4.69) is 18.9 Å². The molecule has 0 radical (unpaired) electrons. The van der Waals surface area contributed by atoms with Crippen molar-refractivity contribution in [3.05, 3.63) is 17.5 Å². The molecular weight excluding hydrogens is 152 g/mol. The maximum absolute atomic E-state index is 10.5. The summed E-state index contributed by atoms with van der Waals surface area (Å²) in [5.74, 6) is 0. The van der Waals surface area contributed by atoms with E-state index in [0.29, 0.717) is 11.7 Å². The summed E-state index contributed by atoms with van der Waals surface area (Å²) in [7, 11) is 0. The van der Waals surface area contributed by atoms with Crippen LogP contribution in [0.15, 0.2) is 6.20 Å². The first-order valence-corrected chi connectivity index (χ1v) is 4.20. The van der Waals surface area contributed by atoms with E-state index in [0.717, 1.165) is 18.3 Å². The number of hydrogen-bond acceptors (Lipinski definition) is 2. The Hall–Kier alpha value is -1.12. The summed E-state index contributed by atoms with van der Waals surface area (Å²) < 4.78 is 1.85. The second kappa shape index (κ2) is 3.52. The topological polar surface area (TPSA) is 34.9 Å². The average Bonchev–Trinajstić information content (AvgIpc) is 2.45. The van der Waals surface area contributed by atoms with Crippen LogP contribution in [0.3, 0.4) is 0 Å². The van der Waals surface area contributed by atoms with E-state index < -0.39 is 0 Å². The third-order valence-electron chi connectivity index (χ3n) is 2.11. The van der Waals surface area contributed by atoms with Crippen molar-refractivity contribution >= 4 is 6.29 Å². The largest absolute Gasteiger partial charge is 0.296 e. The van der Waals surface area contributed by atoms with E-state index >= 15 is 0 Å². The highest BCUT2D eigenvalue weighted by atomic mass is 16.1. The highest BCUT2D eigenvalue weighted by Gasteiger charge is 2.07. The first-order chi connectivity index (χ1) is 5.69. The molecule has 1 rings (SSSR count). The van der Waals surface area contributed by atoms with Crippen molar-refractivity contribution in [2.24, 2.45) is 0 Å². The summed E-state index contributed by atoms with van der Waals surface area (Å²) in [4.78, 5) is 10.5. The first kappa shape index (κ1) is 8.97. The smallest absolute Gasteiger partial charge is 0.170 e. The SMILES string of the molecule is CCC(C)n1cc(C)c(C=O)n1. The summed E-state index contributed by atoms with van der Waals surface area (Å²) >= 11 is 0.